The summed E-state index contributed by atoms with van der Waals surface area (Å²) in [4.78, 5) is 11.8. The van der Waals surface area contributed by atoms with Crippen LogP contribution in [0.2, 0.25) is 0 Å². The number of ketones is 1. The number of hydrogen-bond acceptors (Lipinski definition) is 2. The Hall–Kier alpha value is -0.890. The maximum atomic E-state index is 11.8. The molecule has 0 spiro atoms. The summed E-state index contributed by atoms with van der Waals surface area (Å²) in [6.45, 7) is 8.39. The molecule has 2 heteroatoms. The number of Topliss-reactive ketones (excluding diaryl/α,β-unsaturated/α-hetero) is 1. The van der Waals surface area contributed by atoms with Crippen molar-refractivity contribution in [3.8, 4) is 0 Å². The van der Waals surface area contributed by atoms with E-state index in [4.69, 9.17) is 0 Å². The van der Waals surface area contributed by atoms with Crippen LogP contribution in [0.5, 0.6) is 0 Å². The second-order valence-electron chi connectivity index (χ2n) is 5.68. The molecule has 0 radical (unpaired) electrons. The maximum absolute atomic E-state index is 11.8. The molecule has 1 fully saturated rings. The highest BCUT2D eigenvalue weighted by Gasteiger charge is 2.39. The molecule has 2 aliphatic carbocycles. The Morgan fingerprint density at radius 2 is 2.29 bits per heavy atom. The van der Waals surface area contributed by atoms with Crippen molar-refractivity contribution in [2.75, 3.05) is 6.61 Å². The number of rotatable bonds is 2. The van der Waals surface area contributed by atoms with Crippen LogP contribution in [0.1, 0.15) is 33.1 Å². The fraction of sp³-hybridized carbons (Fsp3) is 0.667. The van der Waals surface area contributed by atoms with E-state index in [9.17, 15) is 9.90 Å². The Morgan fingerprint density at radius 3 is 2.94 bits per heavy atom. The summed E-state index contributed by atoms with van der Waals surface area (Å²) in [5.74, 6) is 1.81. The van der Waals surface area contributed by atoms with Gasteiger partial charge in [-0.15, -0.1) is 0 Å². The zero-order valence-electron chi connectivity index (χ0n) is 10.8. The lowest BCUT2D eigenvalue weighted by Crippen LogP contribution is -2.37. The first-order valence-electron chi connectivity index (χ1n) is 6.54. The number of aliphatic hydroxyl groups is 1. The Labute approximate surface area is 103 Å². The molecular weight excluding hydrogens is 212 g/mol. The van der Waals surface area contributed by atoms with Crippen molar-refractivity contribution in [3.63, 3.8) is 0 Å². The molecule has 0 amide bonds. The first kappa shape index (κ1) is 12.6. The van der Waals surface area contributed by atoms with Crippen LogP contribution in [-0.4, -0.2) is 17.5 Å². The minimum atomic E-state index is 0.237. The number of carbonyl (C=O) groups is 1. The van der Waals surface area contributed by atoms with Gasteiger partial charge in [-0.25, -0.2) is 0 Å². The summed E-state index contributed by atoms with van der Waals surface area (Å²) in [5.41, 5.74) is 2.13. The molecule has 0 unspecified atom stereocenters. The fourth-order valence-corrected chi connectivity index (χ4v) is 3.36. The minimum Gasteiger partial charge on any atom is -0.396 e. The minimum absolute atomic E-state index is 0.237. The van der Waals surface area contributed by atoms with E-state index in [0.717, 1.165) is 18.4 Å². The highest BCUT2D eigenvalue weighted by Crippen LogP contribution is 2.46. The molecule has 1 N–H and O–H groups in total. The number of aliphatic hydroxyl groups excluding tert-OH is 1. The molecule has 1 saturated carbocycles. The summed E-state index contributed by atoms with van der Waals surface area (Å²) in [5, 5.41) is 9.35. The van der Waals surface area contributed by atoms with Gasteiger partial charge < -0.3 is 5.11 Å². The van der Waals surface area contributed by atoms with E-state index in [1.807, 2.05) is 6.92 Å². The lowest BCUT2D eigenvalue weighted by molar-refractivity contribution is -0.117. The predicted molar refractivity (Wildman–Crippen MR) is 68.5 cm³/mol. The average Bonchev–Trinajstić information content (AvgIpc) is 2.31. The number of hydrogen-bond donors (Lipinski definition) is 1. The molecule has 0 aromatic rings. The van der Waals surface area contributed by atoms with E-state index in [0.29, 0.717) is 30.1 Å². The van der Waals surface area contributed by atoms with E-state index < -0.39 is 0 Å². The van der Waals surface area contributed by atoms with Gasteiger partial charge in [0.05, 0.1) is 0 Å². The highest BCUT2D eigenvalue weighted by atomic mass is 16.3. The monoisotopic (exact) mass is 234 g/mol. The molecular formula is C15H22O2. The third-order valence-electron chi connectivity index (χ3n) is 4.59. The van der Waals surface area contributed by atoms with Gasteiger partial charge in [-0.1, -0.05) is 25.2 Å². The summed E-state index contributed by atoms with van der Waals surface area (Å²) in [6.07, 6.45) is 4.87. The molecule has 94 valence electrons. The van der Waals surface area contributed by atoms with Crippen LogP contribution >= 0.6 is 0 Å². The van der Waals surface area contributed by atoms with Gasteiger partial charge in [0.15, 0.2) is 5.78 Å². The molecule has 4 atom stereocenters. The third-order valence-corrected chi connectivity index (χ3v) is 4.59. The Kier molecular flexibility index (Phi) is 3.53. The zero-order valence-corrected chi connectivity index (χ0v) is 10.8. The van der Waals surface area contributed by atoms with Crippen molar-refractivity contribution in [2.24, 2.45) is 23.7 Å². The Morgan fingerprint density at radius 1 is 1.59 bits per heavy atom. The smallest absolute Gasteiger partial charge is 0.158 e. The van der Waals surface area contributed by atoms with Crippen molar-refractivity contribution in [1.29, 1.82) is 0 Å². The van der Waals surface area contributed by atoms with Crippen LogP contribution < -0.4 is 0 Å². The highest BCUT2D eigenvalue weighted by molar-refractivity contribution is 5.96. The van der Waals surface area contributed by atoms with Crippen LogP contribution in [0.15, 0.2) is 23.8 Å². The van der Waals surface area contributed by atoms with Gasteiger partial charge in [0.1, 0.15) is 0 Å². The molecule has 17 heavy (non-hydrogen) atoms. The second kappa shape index (κ2) is 4.77. The lowest BCUT2D eigenvalue weighted by Gasteiger charge is -2.42. The van der Waals surface area contributed by atoms with E-state index in [1.54, 1.807) is 0 Å². The largest absolute Gasteiger partial charge is 0.396 e. The van der Waals surface area contributed by atoms with Gasteiger partial charge >= 0.3 is 0 Å². The normalized spacial score (nSPS) is 35.2. The van der Waals surface area contributed by atoms with Gasteiger partial charge in [-0.05, 0) is 49.0 Å². The van der Waals surface area contributed by atoms with Crippen LogP contribution in [0.4, 0.5) is 0 Å². The summed E-state index contributed by atoms with van der Waals surface area (Å²) >= 11 is 0. The van der Waals surface area contributed by atoms with Crippen molar-refractivity contribution in [3.05, 3.63) is 23.8 Å². The average molecular weight is 234 g/mol. The molecule has 0 saturated heterocycles. The Bertz CT molecular complexity index is 367. The molecule has 0 heterocycles. The zero-order chi connectivity index (χ0) is 12.6. The maximum Gasteiger partial charge on any atom is 0.158 e. The first-order chi connectivity index (χ1) is 8.04. The van der Waals surface area contributed by atoms with Gasteiger partial charge in [0.2, 0.25) is 0 Å². The number of carbonyl (C=O) groups excluding carboxylic acids is 1. The van der Waals surface area contributed by atoms with E-state index >= 15 is 0 Å². The summed E-state index contributed by atoms with van der Waals surface area (Å²) in [7, 11) is 0. The molecule has 0 aromatic carbocycles. The molecule has 2 nitrogen and oxygen atoms in total. The first-order valence-corrected chi connectivity index (χ1v) is 6.54. The van der Waals surface area contributed by atoms with Crippen LogP contribution in [0.3, 0.4) is 0 Å². The second-order valence-corrected chi connectivity index (χ2v) is 5.68. The SMILES string of the molecule is C=C1CC[C@@H]([C@@H](C)CO)[C@@H]2C=C(C)C(=O)C[C@@H]12. The fourth-order valence-electron chi connectivity index (χ4n) is 3.36. The summed E-state index contributed by atoms with van der Waals surface area (Å²) < 4.78 is 0. The van der Waals surface area contributed by atoms with Gasteiger partial charge in [0.25, 0.3) is 0 Å². The molecule has 2 rings (SSSR count). The molecule has 0 aromatic heterocycles. The Balaban J connectivity index is 2.29. The molecule has 0 bridgehead atoms. The molecule has 2 aliphatic rings. The standard InChI is InChI=1S/C15H22O2/c1-9-4-5-12(11(3)8-16)14-6-10(2)15(17)7-13(9)14/h6,11-14,16H,1,4-5,7-8H2,2-3H3/t11-,12-,13-,14-/m0/s1. The summed E-state index contributed by atoms with van der Waals surface area (Å²) in [6, 6.07) is 0. The predicted octanol–water partition coefficient (Wildman–Crippen LogP) is 2.73. The number of fused-ring (bicyclic) bond motifs is 1. The van der Waals surface area contributed by atoms with Gasteiger partial charge in [-0.3, -0.25) is 4.79 Å². The quantitative estimate of drug-likeness (QED) is 0.746. The lowest BCUT2D eigenvalue weighted by atomic mass is 9.62. The van der Waals surface area contributed by atoms with Gasteiger partial charge in [0, 0.05) is 13.0 Å². The van der Waals surface area contributed by atoms with Crippen molar-refractivity contribution in [2.45, 2.75) is 33.1 Å². The topological polar surface area (TPSA) is 37.3 Å². The molecule has 0 aliphatic heterocycles. The van der Waals surface area contributed by atoms with Crippen LogP contribution in [-0.2, 0) is 4.79 Å². The van der Waals surface area contributed by atoms with Crippen molar-refractivity contribution >= 4 is 5.78 Å². The van der Waals surface area contributed by atoms with E-state index in [2.05, 4.69) is 19.6 Å². The van der Waals surface area contributed by atoms with Crippen LogP contribution in [0, 0.1) is 23.7 Å². The van der Waals surface area contributed by atoms with E-state index in [1.165, 1.54) is 5.57 Å². The van der Waals surface area contributed by atoms with Gasteiger partial charge in [-0.2, -0.15) is 0 Å². The third kappa shape index (κ3) is 2.23. The van der Waals surface area contributed by atoms with Crippen LogP contribution in [0.25, 0.3) is 0 Å². The number of allylic oxidation sites excluding steroid dienone is 3. The van der Waals surface area contributed by atoms with Crippen molar-refractivity contribution in [1.82, 2.24) is 0 Å². The van der Waals surface area contributed by atoms with E-state index in [-0.39, 0.29) is 12.4 Å². The van der Waals surface area contributed by atoms with Crippen molar-refractivity contribution < 1.29 is 9.90 Å².